The lowest BCUT2D eigenvalue weighted by Crippen LogP contribution is -2.46. The number of guanidine groups is 1. The first-order valence-corrected chi connectivity index (χ1v) is 11.0. The van der Waals surface area contributed by atoms with Gasteiger partial charge in [0.15, 0.2) is 15.8 Å². The fraction of sp³-hybridized carbons (Fsp3) is 0.381. The first-order chi connectivity index (χ1) is 13.0. The van der Waals surface area contributed by atoms with Gasteiger partial charge in [-0.05, 0) is 43.5 Å². The number of hydrogen-bond donors (Lipinski definition) is 2. The molecule has 2 rings (SSSR count). The predicted octanol–water partition coefficient (Wildman–Crippen LogP) is 3.30. The number of nitrogens with one attached hydrogen (secondary N) is 2. The molecule has 0 spiro atoms. The van der Waals surface area contributed by atoms with Crippen LogP contribution in [0.15, 0.2) is 64.5 Å². The van der Waals surface area contributed by atoms with Crippen molar-refractivity contribution in [2.45, 2.75) is 44.7 Å². The minimum atomic E-state index is -3.35. The summed E-state index contributed by atoms with van der Waals surface area (Å²) < 4.78 is 25.3. The SMILES string of the molecule is CCNC(=NCc1ccccc1C)NC(CC)CS(=O)(=O)c1ccccc1. The first kappa shape index (κ1) is 21.0. The van der Waals surface area contributed by atoms with E-state index >= 15 is 0 Å². The van der Waals surface area contributed by atoms with Crippen LogP contribution in [0.2, 0.25) is 0 Å². The number of sulfone groups is 1. The van der Waals surface area contributed by atoms with Gasteiger partial charge >= 0.3 is 0 Å². The fourth-order valence-electron chi connectivity index (χ4n) is 2.72. The number of aryl methyl sites for hydroxylation is 1. The van der Waals surface area contributed by atoms with Crippen molar-refractivity contribution in [2.75, 3.05) is 12.3 Å². The van der Waals surface area contributed by atoms with Crippen LogP contribution in [0.4, 0.5) is 0 Å². The normalized spacial score (nSPS) is 13.2. The summed E-state index contributed by atoms with van der Waals surface area (Å²) in [6, 6.07) is 16.5. The second-order valence-electron chi connectivity index (χ2n) is 6.47. The molecule has 5 nitrogen and oxygen atoms in total. The molecule has 0 radical (unpaired) electrons. The maximum atomic E-state index is 12.7. The molecule has 2 N–H and O–H groups in total. The van der Waals surface area contributed by atoms with E-state index in [0.29, 0.717) is 30.4 Å². The molecule has 0 fully saturated rings. The van der Waals surface area contributed by atoms with Crippen molar-refractivity contribution in [1.82, 2.24) is 10.6 Å². The third kappa shape index (κ3) is 6.40. The molecular formula is C21H29N3O2S. The van der Waals surface area contributed by atoms with Crippen LogP contribution in [-0.2, 0) is 16.4 Å². The molecule has 0 aliphatic heterocycles. The van der Waals surface area contributed by atoms with Gasteiger partial charge in [0.2, 0.25) is 0 Å². The molecule has 0 saturated heterocycles. The van der Waals surface area contributed by atoms with Gasteiger partial charge in [0.05, 0.1) is 17.2 Å². The Morgan fingerprint density at radius 1 is 1.04 bits per heavy atom. The van der Waals surface area contributed by atoms with E-state index in [2.05, 4.69) is 34.7 Å². The minimum absolute atomic E-state index is 0.0301. The van der Waals surface area contributed by atoms with Gasteiger partial charge in [-0.3, -0.25) is 0 Å². The molecule has 6 heteroatoms. The van der Waals surface area contributed by atoms with Gasteiger partial charge in [-0.25, -0.2) is 13.4 Å². The van der Waals surface area contributed by atoms with E-state index in [4.69, 9.17) is 0 Å². The zero-order valence-corrected chi connectivity index (χ0v) is 17.1. The molecule has 0 aliphatic rings. The quantitative estimate of drug-likeness (QED) is 0.539. The molecule has 27 heavy (non-hydrogen) atoms. The Morgan fingerprint density at radius 3 is 2.33 bits per heavy atom. The first-order valence-electron chi connectivity index (χ1n) is 9.33. The number of hydrogen-bond acceptors (Lipinski definition) is 3. The monoisotopic (exact) mass is 387 g/mol. The molecular weight excluding hydrogens is 358 g/mol. The van der Waals surface area contributed by atoms with Crippen molar-refractivity contribution < 1.29 is 8.42 Å². The van der Waals surface area contributed by atoms with Crippen molar-refractivity contribution in [3.63, 3.8) is 0 Å². The summed E-state index contributed by atoms with van der Waals surface area (Å²) >= 11 is 0. The molecule has 0 saturated carbocycles. The summed E-state index contributed by atoms with van der Waals surface area (Å²) in [5, 5.41) is 6.49. The van der Waals surface area contributed by atoms with Crippen LogP contribution in [0.5, 0.6) is 0 Å². The average Bonchev–Trinajstić information content (AvgIpc) is 2.67. The maximum absolute atomic E-state index is 12.7. The summed E-state index contributed by atoms with van der Waals surface area (Å²) in [6.07, 6.45) is 0.681. The van der Waals surface area contributed by atoms with Crippen LogP contribution in [-0.4, -0.2) is 32.7 Å². The smallest absolute Gasteiger partial charge is 0.191 e. The number of benzene rings is 2. The Bertz CT molecular complexity index is 849. The molecule has 0 aliphatic carbocycles. The molecule has 0 amide bonds. The highest BCUT2D eigenvalue weighted by molar-refractivity contribution is 7.91. The third-order valence-corrected chi connectivity index (χ3v) is 6.20. The standard InChI is InChI=1S/C21H29N3O2S/c1-4-19(16-27(25,26)20-13-7-6-8-14-20)24-21(22-5-2)23-15-18-12-10-9-11-17(18)3/h6-14,19H,4-5,15-16H2,1-3H3,(H2,22,23,24). The second-order valence-corrected chi connectivity index (χ2v) is 8.50. The minimum Gasteiger partial charge on any atom is -0.357 e. The summed E-state index contributed by atoms with van der Waals surface area (Å²) in [7, 11) is -3.35. The maximum Gasteiger partial charge on any atom is 0.191 e. The van der Waals surface area contributed by atoms with Gasteiger partial charge in [-0.15, -0.1) is 0 Å². The van der Waals surface area contributed by atoms with Crippen LogP contribution in [0.3, 0.4) is 0 Å². The Morgan fingerprint density at radius 2 is 1.70 bits per heavy atom. The number of aliphatic imine (C=N–C) groups is 1. The number of nitrogens with zero attached hydrogens (tertiary/aromatic N) is 1. The van der Waals surface area contributed by atoms with Gasteiger partial charge in [0.1, 0.15) is 0 Å². The molecule has 2 aromatic carbocycles. The topological polar surface area (TPSA) is 70.6 Å². The van der Waals surface area contributed by atoms with E-state index in [-0.39, 0.29) is 11.8 Å². The Balaban J connectivity index is 2.10. The van der Waals surface area contributed by atoms with Gasteiger partial charge in [-0.2, -0.15) is 0 Å². The molecule has 0 bridgehead atoms. The van der Waals surface area contributed by atoms with Crippen molar-refractivity contribution in [3.05, 3.63) is 65.7 Å². The summed E-state index contributed by atoms with van der Waals surface area (Å²) in [5.74, 6) is 0.665. The van der Waals surface area contributed by atoms with Gasteiger partial charge < -0.3 is 10.6 Å². The van der Waals surface area contributed by atoms with Gasteiger partial charge in [0.25, 0.3) is 0 Å². The van der Waals surface area contributed by atoms with Gasteiger partial charge in [-0.1, -0.05) is 49.4 Å². The van der Waals surface area contributed by atoms with E-state index in [1.165, 1.54) is 5.56 Å². The van der Waals surface area contributed by atoms with Crippen molar-refractivity contribution >= 4 is 15.8 Å². The van der Waals surface area contributed by atoms with Crippen LogP contribution >= 0.6 is 0 Å². The van der Waals surface area contributed by atoms with Crippen molar-refractivity contribution in [2.24, 2.45) is 4.99 Å². The predicted molar refractivity (Wildman–Crippen MR) is 112 cm³/mol. The van der Waals surface area contributed by atoms with Crippen LogP contribution in [0, 0.1) is 6.92 Å². The molecule has 0 heterocycles. The van der Waals surface area contributed by atoms with Crippen LogP contribution < -0.4 is 10.6 Å². The molecule has 1 unspecified atom stereocenters. The Hall–Kier alpha value is -2.34. The largest absolute Gasteiger partial charge is 0.357 e. The third-order valence-electron chi connectivity index (χ3n) is 4.37. The molecule has 146 valence electrons. The highest BCUT2D eigenvalue weighted by atomic mass is 32.2. The van der Waals surface area contributed by atoms with Crippen molar-refractivity contribution in [3.8, 4) is 0 Å². The zero-order valence-electron chi connectivity index (χ0n) is 16.3. The summed E-state index contributed by atoms with van der Waals surface area (Å²) in [4.78, 5) is 4.99. The lowest BCUT2D eigenvalue weighted by Gasteiger charge is -2.20. The summed E-state index contributed by atoms with van der Waals surface area (Å²) in [6.45, 7) is 7.29. The molecule has 1 atom stereocenters. The second kappa shape index (κ2) is 10.1. The van der Waals surface area contributed by atoms with E-state index in [0.717, 1.165) is 5.56 Å². The van der Waals surface area contributed by atoms with E-state index in [1.54, 1.807) is 24.3 Å². The molecule has 2 aromatic rings. The van der Waals surface area contributed by atoms with Crippen LogP contribution in [0.1, 0.15) is 31.4 Å². The fourth-order valence-corrected chi connectivity index (χ4v) is 4.33. The summed E-state index contributed by atoms with van der Waals surface area (Å²) in [5.41, 5.74) is 2.34. The van der Waals surface area contributed by atoms with E-state index in [1.807, 2.05) is 32.0 Å². The average molecular weight is 388 g/mol. The van der Waals surface area contributed by atoms with E-state index < -0.39 is 9.84 Å². The lowest BCUT2D eigenvalue weighted by atomic mass is 10.1. The number of rotatable bonds is 8. The Kier molecular flexibility index (Phi) is 7.85. The lowest BCUT2D eigenvalue weighted by molar-refractivity contribution is 0.569. The Labute approximate surface area is 162 Å². The van der Waals surface area contributed by atoms with E-state index in [9.17, 15) is 8.42 Å². The zero-order chi connectivity index (χ0) is 19.7. The highest BCUT2D eigenvalue weighted by Gasteiger charge is 2.20. The van der Waals surface area contributed by atoms with Crippen molar-refractivity contribution in [1.29, 1.82) is 0 Å². The molecule has 0 aromatic heterocycles. The van der Waals surface area contributed by atoms with Crippen LogP contribution in [0.25, 0.3) is 0 Å². The highest BCUT2D eigenvalue weighted by Crippen LogP contribution is 2.13. The van der Waals surface area contributed by atoms with Gasteiger partial charge in [0, 0.05) is 12.6 Å².